The number of aromatic amines is 1. The Labute approximate surface area is 117 Å². The van der Waals surface area contributed by atoms with Crippen molar-refractivity contribution < 1.29 is 14.7 Å². The van der Waals surface area contributed by atoms with Crippen molar-refractivity contribution in [3.8, 4) is 0 Å². The van der Waals surface area contributed by atoms with Crippen LogP contribution in [-0.4, -0.2) is 39.0 Å². The minimum absolute atomic E-state index is 0.284. The fraction of sp³-hybridized carbons (Fsp3) is 0.333. The highest BCUT2D eigenvalue weighted by Gasteiger charge is 2.30. The van der Waals surface area contributed by atoms with Crippen molar-refractivity contribution in [1.82, 2.24) is 9.88 Å². The van der Waals surface area contributed by atoms with Gasteiger partial charge in [0.2, 0.25) is 0 Å². The number of carboxylic acid groups (broad SMARTS) is 1. The maximum atomic E-state index is 12.7. The van der Waals surface area contributed by atoms with E-state index in [-0.39, 0.29) is 12.5 Å². The number of H-pyrrole nitrogens is 1. The van der Waals surface area contributed by atoms with E-state index in [0.717, 1.165) is 10.9 Å². The number of aromatic nitrogens is 1. The van der Waals surface area contributed by atoms with Crippen molar-refractivity contribution in [2.75, 3.05) is 6.54 Å². The first-order valence-electron chi connectivity index (χ1n) is 6.40. The fourth-order valence-electron chi connectivity index (χ4n) is 2.16. The SMILES string of the molecule is CC(C)(C)N(CC(=O)O)C(=O)c1cccc2cc[nH]c12. The van der Waals surface area contributed by atoms with Crippen LogP contribution in [0.2, 0.25) is 0 Å². The number of carbonyl (C=O) groups excluding carboxylic acids is 1. The summed E-state index contributed by atoms with van der Waals surface area (Å²) in [4.78, 5) is 28.1. The van der Waals surface area contributed by atoms with Crippen molar-refractivity contribution in [2.45, 2.75) is 26.3 Å². The van der Waals surface area contributed by atoms with E-state index in [1.165, 1.54) is 4.90 Å². The molecule has 0 saturated heterocycles. The number of nitrogens with one attached hydrogen (secondary N) is 1. The van der Waals surface area contributed by atoms with Gasteiger partial charge in [-0.1, -0.05) is 12.1 Å². The molecule has 1 amide bonds. The molecule has 0 bridgehead atoms. The Morgan fingerprint density at radius 2 is 1.95 bits per heavy atom. The number of hydrogen-bond acceptors (Lipinski definition) is 2. The molecule has 0 fully saturated rings. The molecule has 0 aliphatic rings. The lowest BCUT2D eigenvalue weighted by Gasteiger charge is -2.34. The molecule has 5 nitrogen and oxygen atoms in total. The standard InChI is InChI=1S/C15H18N2O3/c1-15(2,3)17(9-12(18)19)14(20)11-6-4-5-10-7-8-16-13(10)11/h4-8,16H,9H2,1-3H3,(H,18,19). The molecule has 1 heterocycles. The molecular formula is C15H18N2O3. The number of hydrogen-bond donors (Lipinski definition) is 2. The lowest BCUT2D eigenvalue weighted by Crippen LogP contribution is -2.48. The van der Waals surface area contributed by atoms with Gasteiger partial charge in [0, 0.05) is 17.1 Å². The Balaban J connectivity index is 2.46. The number of carboxylic acids is 1. The van der Waals surface area contributed by atoms with E-state index in [4.69, 9.17) is 5.11 Å². The molecular weight excluding hydrogens is 256 g/mol. The van der Waals surface area contributed by atoms with Gasteiger partial charge in [-0.05, 0) is 32.9 Å². The van der Waals surface area contributed by atoms with Gasteiger partial charge in [0.15, 0.2) is 0 Å². The van der Waals surface area contributed by atoms with Crippen molar-refractivity contribution in [3.63, 3.8) is 0 Å². The normalized spacial score (nSPS) is 11.6. The van der Waals surface area contributed by atoms with Gasteiger partial charge in [0.25, 0.3) is 5.91 Å². The Morgan fingerprint density at radius 3 is 2.55 bits per heavy atom. The average molecular weight is 274 g/mol. The number of rotatable bonds is 3. The van der Waals surface area contributed by atoms with Crippen LogP contribution in [0.1, 0.15) is 31.1 Å². The van der Waals surface area contributed by atoms with Gasteiger partial charge >= 0.3 is 5.97 Å². The van der Waals surface area contributed by atoms with Crippen LogP contribution in [0.4, 0.5) is 0 Å². The second kappa shape index (κ2) is 5.00. The largest absolute Gasteiger partial charge is 0.480 e. The minimum Gasteiger partial charge on any atom is -0.480 e. The zero-order valence-electron chi connectivity index (χ0n) is 11.8. The van der Waals surface area contributed by atoms with Gasteiger partial charge < -0.3 is 15.0 Å². The second-order valence-corrected chi connectivity index (χ2v) is 5.70. The third-order valence-electron chi connectivity index (χ3n) is 3.17. The first kappa shape index (κ1) is 14.1. The number of amides is 1. The van der Waals surface area contributed by atoms with E-state index in [0.29, 0.717) is 5.56 Å². The van der Waals surface area contributed by atoms with E-state index in [9.17, 15) is 9.59 Å². The zero-order valence-corrected chi connectivity index (χ0v) is 11.8. The lowest BCUT2D eigenvalue weighted by molar-refractivity contribution is -0.138. The number of fused-ring (bicyclic) bond motifs is 1. The molecule has 0 unspecified atom stereocenters. The van der Waals surface area contributed by atoms with Gasteiger partial charge in [-0.15, -0.1) is 0 Å². The van der Waals surface area contributed by atoms with Gasteiger partial charge in [-0.2, -0.15) is 0 Å². The molecule has 0 saturated carbocycles. The molecule has 106 valence electrons. The molecule has 0 spiro atoms. The second-order valence-electron chi connectivity index (χ2n) is 5.70. The van der Waals surface area contributed by atoms with Crippen LogP contribution in [0.15, 0.2) is 30.5 Å². The number of nitrogens with zero attached hydrogens (tertiary/aromatic N) is 1. The summed E-state index contributed by atoms with van der Waals surface area (Å²) in [5.74, 6) is -1.31. The van der Waals surface area contributed by atoms with Crippen molar-refractivity contribution in [2.24, 2.45) is 0 Å². The van der Waals surface area contributed by atoms with Crippen molar-refractivity contribution in [3.05, 3.63) is 36.0 Å². The Morgan fingerprint density at radius 1 is 1.25 bits per heavy atom. The summed E-state index contributed by atoms with van der Waals surface area (Å²) >= 11 is 0. The van der Waals surface area contributed by atoms with Crippen LogP contribution < -0.4 is 0 Å². The fourth-order valence-corrected chi connectivity index (χ4v) is 2.16. The van der Waals surface area contributed by atoms with Gasteiger partial charge in [-0.3, -0.25) is 9.59 Å². The third-order valence-corrected chi connectivity index (χ3v) is 3.17. The average Bonchev–Trinajstić information content (AvgIpc) is 2.81. The maximum Gasteiger partial charge on any atom is 0.323 e. The van der Waals surface area contributed by atoms with Crippen LogP contribution in [0.5, 0.6) is 0 Å². The maximum absolute atomic E-state index is 12.7. The first-order chi connectivity index (χ1) is 9.30. The highest BCUT2D eigenvalue weighted by atomic mass is 16.4. The molecule has 20 heavy (non-hydrogen) atoms. The minimum atomic E-state index is -1.02. The van der Waals surface area contributed by atoms with E-state index < -0.39 is 11.5 Å². The smallest absolute Gasteiger partial charge is 0.323 e. The summed E-state index contributed by atoms with van der Waals surface area (Å²) in [5.41, 5.74) is 0.658. The van der Waals surface area contributed by atoms with E-state index in [1.54, 1.807) is 18.3 Å². The number of carbonyl (C=O) groups is 2. The quantitative estimate of drug-likeness (QED) is 0.903. The predicted molar refractivity (Wildman–Crippen MR) is 76.7 cm³/mol. The molecule has 5 heteroatoms. The van der Waals surface area contributed by atoms with Gasteiger partial charge in [-0.25, -0.2) is 0 Å². The van der Waals surface area contributed by atoms with Crippen LogP contribution in [0.25, 0.3) is 10.9 Å². The molecule has 2 rings (SSSR count). The van der Waals surface area contributed by atoms with Crippen LogP contribution in [-0.2, 0) is 4.79 Å². The molecule has 0 aliphatic heterocycles. The Hall–Kier alpha value is -2.30. The third kappa shape index (κ3) is 2.66. The summed E-state index contributed by atoms with van der Waals surface area (Å²) in [7, 11) is 0. The van der Waals surface area contributed by atoms with Gasteiger partial charge in [0.1, 0.15) is 6.54 Å². The molecule has 0 radical (unpaired) electrons. The first-order valence-corrected chi connectivity index (χ1v) is 6.40. The van der Waals surface area contributed by atoms with Crippen molar-refractivity contribution in [1.29, 1.82) is 0 Å². The van der Waals surface area contributed by atoms with E-state index in [1.807, 2.05) is 32.9 Å². The molecule has 2 aromatic rings. The summed E-state index contributed by atoms with van der Waals surface area (Å²) in [5, 5.41) is 9.95. The molecule has 0 aliphatic carbocycles. The number of para-hydroxylation sites is 1. The summed E-state index contributed by atoms with van der Waals surface area (Å²) in [6.45, 7) is 5.15. The topological polar surface area (TPSA) is 73.4 Å². The van der Waals surface area contributed by atoms with Crippen LogP contribution in [0.3, 0.4) is 0 Å². The lowest BCUT2D eigenvalue weighted by atomic mass is 10.0. The van der Waals surface area contributed by atoms with Crippen LogP contribution in [0, 0.1) is 0 Å². The highest BCUT2D eigenvalue weighted by molar-refractivity contribution is 6.06. The predicted octanol–water partition coefficient (Wildman–Crippen LogP) is 2.49. The van der Waals surface area contributed by atoms with E-state index >= 15 is 0 Å². The molecule has 2 N–H and O–H groups in total. The van der Waals surface area contributed by atoms with E-state index in [2.05, 4.69) is 4.98 Å². The van der Waals surface area contributed by atoms with Crippen molar-refractivity contribution >= 4 is 22.8 Å². The summed E-state index contributed by atoms with van der Waals surface area (Å²) in [6, 6.07) is 7.29. The molecule has 1 aromatic heterocycles. The number of benzene rings is 1. The Kier molecular flexibility index (Phi) is 3.53. The van der Waals surface area contributed by atoms with Gasteiger partial charge in [0.05, 0.1) is 11.1 Å². The highest BCUT2D eigenvalue weighted by Crippen LogP contribution is 2.22. The molecule has 1 aromatic carbocycles. The summed E-state index contributed by atoms with van der Waals surface area (Å²) < 4.78 is 0. The zero-order chi connectivity index (χ0) is 14.9. The van der Waals surface area contributed by atoms with Crippen LogP contribution >= 0.6 is 0 Å². The summed E-state index contributed by atoms with van der Waals surface area (Å²) in [6.07, 6.45) is 1.76. The number of aliphatic carboxylic acids is 1. The monoisotopic (exact) mass is 274 g/mol. The Bertz CT molecular complexity index is 652. The molecule has 0 atom stereocenters.